The maximum atomic E-state index is 5.99. The van der Waals surface area contributed by atoms with E-state index in [1.807, 2.05) is 0 Å². The molecule has 0 saturated carbocycles. The molecule has 2 heterocycles. The summed E-state index contributed by atoms with van der Waals surface area (Å²) in [5.41, 5.74) is 6.40. The van der Waals surface area contributed by atoms with Gasteiger partial charge < -0.3 is 15.8 Å². The zero-order valence-corrected chi connectivity index (χ0v) is 8.93. The third-order valence-corrected chi connectivity index (χ3v) is 4.10. The van der Waals surface area contributed by atoms with Crippen molar-refractivity contribution >= 4 is 0 Å². The summed E-state index contributed by atoms with van der Waals surface area (Å²) in [4.78, 5) is 0. The van der Waals surface area contributed by atoms with Gasteiger partial charge in [0.2, 0.25) is 0 Å². The summed E-state index contributed by atoms with van der Waals surface area (Å²) in [5.74, 6) is 0.831. The van der Waals surface area contributed by atoms with Crippen LogP contribution < -0.4 is 11.1 Å². The van der Waals surface area contributed by atoms with E-state index in [1.165, 1.54) is 38.8 Å². The van der Waals surface area contributed by atoms with Crippen LogP contribution in [0.2, 0.25) is 0 Å². The van der Waals surface area contributed by atoms with E-state index in [1.54, 1.807) is 0 Å². The molecular formula is C11H22N2O. The van der Waals surface area contributed by atoms with Gasteiger partial charge in [0, 0.05) is 13.2 Å². The maximum absolute atomic E-state index is 5.99. The van der Waals surface area contributed by atoms with Gasteiger partial charge in [0.05, 0.1) is 0 Å². The SMILES string of the molecule is NCC1(C2CCNCC2)CCOCC1. The minimum atomic E-state index is 0.403. The van der Waals surface area contributed by atoms with E-state index in [-0.39, 0.29) is 0 Å². The molecule has 0 bridgehead atoms. The molecule has 0 amide bonds. The predicted molar refractivity (Wildman–Crippen MR) is 57.1 cm³/mol. The van der Waals surface area contributed by atoms with Crippen LogP contribution in [0.3, 0.4) is 0 Å². The molecule has 0 unspecified atom stereocenters. The Hall–Kier alpha value is -0.120. The largest absolute Gasteiger partial charge is 0.381 e. The normalized spacial score (nSPS) is 28.9. The molecule has 0 aromatic rings. The van der Waals surface area contributed by atoms with Gasteiger partial charge in [-0.2, -0.15) is 0 Å². The molecule has 2 aliphatic heterocycles. The fourth-order valence-electron chi connectivity index (χ4n) is 2.99. The van der Waals surface area contributed by atoms with Gasteiger partial charge >= 0.3 is 0 Å². The third-order valence-electron chi connectivity index (χ3n) is 4.10. The lowest BCUT2D eigenvalue weighted by Gasteiger charge is -2.44. The van der Waals surface area contributed by atoms with Gasteiger partial charge in [-0.3, -0.25) is 0 Å². The van der Waals surface area contributed by atoms with E-state index in [2.05, 4.69) is 5.32 Å². The molecule has 0 aliphatic carbocycles. The van der Waals surface area contributed by atoms with Gasteiger partial charge in [-0.25, -0.2) is 0 Å². The van der Waals surface area contributed by atoms with Crippen molar-refractivity contribution in [2.75, 3.05) is 32.8 Å². The van der Waals surface area contributed by atoms with E-state index < -0.39 is 0 Å². The van der Waals surface area contributed by atoms with Crippen LogP contribution in [0.1, 0.15) is 25.7 Å². The molecule has 3 heteroatoms. The highest BCUT2D eigenvalue weighted by Gasteiger charge is 2.39. The summed E-state index contributed by atoms with van der Waals surface area (Å²) in [6.07, 6.45) is 4.96. The van der Waals surface area contributed by atoms with E-state index >= 15 is 0 Å². The van der Waals surface area contributed by atoms with Gasteiger partial charge in [-0.1, -0.05) is 0 Å². The summed E-state index contributed by atoms with van der Waals surface area (Å²) >= 11 is 0. The zero-order valence-electron chi connectivity index (χ0n) is 8.93. The zero-order chi connectivity index (χ0) is 9.86. The number of rotatable bonds is 2. The molecule has 2 aliphatic rings. The lowest BCUT2D eigenvalue weighted by atomic mass is 9.66. The first-order valence-corrected chi connectivity index (χ1v) is 5.86. The summed E-state index contributed by atoms with van der Waals surface area (Å²) in [6, 6.07) is 0. The summed E-state index contributed by atoms with van der Waals surface area (Å²) in [5, 5.41) is 3.42. The number of nitrogens with one attached hydrogen (secondary N) is 1. The Labute approximate surface area is 86.4 Å². The van der Waals surface area contributed by atoms with Crippen LogP contribution in [0.5, 0.6) is 0 Å². The van der Waals surface area contributed by atoms with Crippen molar-refractivity contribution in [2.45, 2.75) is 25.7 Å². The summed E-state index contributed by atoms with van der Waals surface area (Å²) < 4.78 is 5.45. The van der Waals surface area contributed by atoms with E-state index in [0.29, 0.717) is 5.41 Å². The van der Waals surface area contributed by atoms with Crippen molar-refractivity contribution in [2.24, 2.45) is 17.1 Å². The van der Waals surface area contributed by atoms with Gasteiger partial charge in [-0.05, 0) is 56.7 Å². The molecule has 2 fully saturated rings. The fraction of sp³-hybridized carbons (Fsp3) is 1.00. The number of piperidine rings is 1. The standard InChI is InChI=1S/C11H22N2O/c12-9-11(3-7-14-8-4-11)10-1-5-13-6-2-10/h10,13H,1-9,12H2. The lowest BCUT2D eigenvalue weighted by molar-refractivity contribution is -0.0213. The summed E-state index contributed by atoms with van der Waals surface area (Å²) in [6.45, 7) is 5.03. The second-order valence-corrected chi connectivity index (χ2v) is 4.70. The summed E-state index contributed by atoms with van der Waals surface area (Å²) in [7, 11) is 0. The average Bonchev–Trinajstić information content (AvgIpc) is 2.31. The molecule has 2 rings (SSSR count). The van der Waals surface area contributed by atoms with Crippen LogP contribution in [0, 0.1) is 11.3 Å². The van der Waals surface area contributed by atoms with Gasteiger partial charge in [0.1, 0.15) is 0 Å². The van der Waals surface area contributed by atoms with Crippen LogP contribution in [0.15, 0.2) is 0 Å². The van der Waals surface area contributed by atoms with Crippen LogP contribution in [-0.2, 0) is 4.74 Å². The maximum Gasteiger partial charge on any atom is 0.0471 e. The lowest BCUT2D eigenvalue weighted by Crippen LogP contribution is -2.46. The topological polar surface area (TPSA) is 47.3 Å². The van der Waals surface area contributed by atoms with Crippen molar-refractivity contribution < 1.29 is 4.74 Å². The average molecular weight is 198 g/mol. The van der Waals surface area contributed by atoms with E-state index in [4.69, 9.17) is 10.5 Å². The molecule has 3 nitrogen and oxygen atoms in total. The molecule has 82 valence electrons. The molecule has 0 aromatic carbocycles. The van der Waals surface area contributed by atoms with Crippen molar-refractivity contribution in [1.82, 2.24) is 5.32 Å². The van der Waals surface area contributed by atoms with E-state index in [0.717, 1.165) is 25.7 Å². The van der Waals surface area contributed by atoms with Crippen molar-refractivity contribution in [3.63, 3.8) is 0 Å². The van der Waals surface area contributed by atoms with Gasteiger partial charge in [0.15, 0.2) is 0 Å². The van der Waals surface area contributed by atoms with Crippen LogP contribution in [-0.4, -0.2) is 32.8 Å². The van der Waals surface area contributed by atoms with Crippen LogP contribution in [0.4, 0.5) is 0 Å². The molecule has 3 N–H and O–H groups in total. The molecule has 0 atom stereocenters. The minimum Gasteiger partial charge on any atom is -0.381 e. The number of hydrogen-bond acceptors (Lipinski definition) is 3. The van der Waals surface area contributed by atoms with Crippen molar-refractivity contribution in [3.05, 3.63) is 0 Å². The quantitative estimate of drug-likeness (QED) is 0.688. The highest BCUT2D eigenvalue weighted by Crippen LogP contribution is 2.41. The Bertz CT molecular complexity index is 172. The Balaban J connectivity index is 2.01. The number of hydrogen-bond donors (Lipinski definition) is 2. The molecule has 0 radical (unpaired) electrons. The molecule has 0 aromatic heterocycles. The number of nitrogens with two attached hydrogens (primary N) is 1. The monoisotopic (exact) mass is 198 g/mol. The second-order valence-electron chi connectivity index (χ2n) is 4.70. The first-order chi connectivity index (χ1) is 6.87. The van der Waals surface area contributed by atoms with Crippen LogP contribution in [0.25, 0.3) is 0 Å². The van der Waals surface area contributed by atoms with Gasteiger partial charge in [-0.15, -0.1) is 0 Å². The molecule has 14 heavy (non-hydrogen) atoms. The second kappa shape index (κ2) is 4.60. The van der Waals surface area contributed by atoms with Gasteiger partial charge in [0.25, 0.3) is 0 Å². The fourth-order valence-corrected chi connectivity index (χ4v) is 2.99. The third kappa shape index (κ3) is 1.95. The predicted octanol–water partition coefficient (Wildman–Crippen LogP) is 0.741. The Kier molecular flexibility index (Phi) is 3.42. The van der Waals surface area contributed by atoms with Crippen molar-refractivity contribution in [3.8, 4) is 0 Å². The number of ether oxygens (including phenoxy) is 1. The Morgan fingerprint density at radius 3 is 2.43 bits per heavy atom. The smallest absolute Gasteiger partial charge is 0.0471 e. The highest BCUT2D eigenvalue weighted by atomic mass is 16.5. The first-order valence-electron chi connectivity index (χ1n) is 5.86. The Morgan fingerprint density at radius 2 is 1.86 bits per heavy atom. The van der Waals surface area contributed by atoms with Crippen molar-refractivity contribution in [1.29, 1.82) is 0 Å². The Morgan fingerprint density at radius 1 is 1.21 bits per heavy atom. The van der Waals surface area contributed by atoms with E-state index in [9.17, 15) is 0 Å². The first kappa shape index (κ1) is 10.4. The van der Waals surface area contributed by atoms with Crippen LogP contribution >= 0.6 is 0 Å². The molecule has 0 spiro atoms. The molecule has 2 saturated heterocycles. The minimum absolute atomic E-state index is 0.403. The highest BCUT2D eigenvalue weighted by molar-refractivity contribution is 4.91. The molecular weight excluding hydrogens is 176 g/mol.